The molecule has 0 radical (unpaired) electrons. The molecule has 1 N–H and O–H groups in total. The van der Waals surface area contributed by atoms with E-state index in [9.17, 15) is 0 Å². The van der Waals surface area contributed by atoms with Gasteiger partial charge in [-0.15, -0.1) is 11.3 Å². The van der Waals surface area contributed by atoms with E-state index in [1.54, 1.807) is 11.3 Å². The van der Waals surface area contributed by atoms with Gasteiger partial charge in [0, 0.05) is 29.7 Å². The Bertz CT molecular complexity index is 537. The second kappa shape index (κ2) is 6.18. The van der Waals surface area contributed by atoms with Gasteiger partial charge >= 0.3 is 0 Å². The van der Waals surface area contributed by atoms with Crippen molar-refractivity contribution < 1.29 is 0 Å². The van der Waals surface area contributed by atoms with Crippen LogP contribution in [0.5, 0.6) is 0 Å². The minimum absolute atomic E-state index is 0.471. The quantitative estimate of drug-likeness (QED) is 0.895. The van der Waals surface area contributed by atoms with Crippen molar-refractivity contribution in [3.8, 4) is 6.07 Å². The first kappa shape index (κ1) is 12.6. The number of aromatic nitrogens is 1. The first-order valence-corrected chi connectivity index (χ1v) is 6.76. The van der Waals surface area contributed by atoms with Crippen molar-refractivity contribution in [2.24, 2.45) is 0 Å². The van der Waals surface area contributed by atoms with E-state index in [1.165, 1.54) is 5.01 Å². The van der Waals surface area contributed by atoms with E-state index in [1.807, 2.05) is 31.2 Å². The molecule has 0 unspecified atom stereocenters. The average Bonchev–Trinajstić information content (AvgIpc) is 2.78. The Kier molecular flexibility index (Phi) is 4.32. The maximum absolute atomic E-state index is 8.59. The number of nitriles is 1. The van der Waals surface area contributed by atoms with Crippen molar-refractivity contribution in [3.05, 3.63) is 45.9 Å². The lowest BCUT2D eigenvalue weighted by Crippen LogP contribution is -2.04. The molecule has 0 fully saturated rings. The molecule has 0 amide bonds. The Labute approximate surface area is 111 Å². The molecular weight excluding hydrogens is 242 g/mol. The molecule has 0 atom stereocenters. The molecule has 1 aromatic carbocycles. The third-order valence-electron chi connectivity index (χ3n) is 2.57. The van der Waals surface area contributed by atoms with E-state index in [0.29, 0.717) is 6.42 Å². The molecule has 92 valence electrons. The van der Waals surface area contributed by atoms with E-state index in [4.69, 9.17) is 5.26 Å². The molecule has 2 rings (SSSR count). The second-order valence-corrected chi connectivity index (χ2v) is 5.03. The SMILES string of the molecule is Cc1csc(CCNc2ccc(CC#N)cc2)n1. The van der Waals surface area contributed by atoms with Gasteiger partial charge in [0.2, 0.25) is 0 Å². The lowest BCUT2D eigenvalue weighted by atomic mass is 10.1. The van der Waals surface area contributed by atoms with E-state index >= 15 is 0 Å². The molecule has 0 spiro atoms. The van der Waals surface area contributed by atoms with Crippen LogP contribution in [-0.2, 0) is 12.8 Å². The fourth-order valence-electron chi connectivity index (χ4n) is 1.66. The average molecular weight is 257 g/mol. The summed E-state index contributed by atoms with van der Waals surface area (Å²) in [6, 6.07) is 10.1. The van der Waals surface area contributed by atoms with Crippen molar-refractivity contribution in [1.82, 2.24) is 4.98 Å². The van der Waals surface area contributed by atoms with Gasteiger partial charge < -0.3 is 5.32 Å². The molecule has 4 heteroatoms. The van der Waals surface area contributed by atoms with Crippen LogP contribution in [0.3, 0.4) is 0 Å². The highest BCUT2D eigenvalue weighted by Gasteiger charge is 1.98. The molecule has 1 heterocycles. The van der Waals surface area contributed by atoms with Crippen LogP contribution in [0.2, 0.25) is 0 Å². The van der Waals surface area contributed by atoms with Gasteiger partial charge in [0.15, 0.2) is 0 Å². The molecule has 0 aliphatic heterocycles. The Balaban J connectivity index is 1.81. The summed E-state index contributed by atoms with van der Waals surface area (Å²) in [5.41, 5.74) is 3.24. The maximum Gasteiger partial charge on any atom is 0.0945 e. The summed E-state index contributed by atoms with van der Waals surface area (Å²) in [7, 11) is 0. The Morgan fingerprint density at radius 2 is 2.11 bits per heavy atom. The number of hydrogen-bond donors (Lipinski definition) is 1. The minimum Gasteiger partial charge on any atom is -0.385 e. The highest BCUT2D eigenvalue weighted by atomic mass is 32.1. The first-order valence-electron chi connectivity index (χ1n) is 5.88. The lowest BCUT2D eigenvalue weighted by molar-refractivity contribution is 0.987. The smallest absolute Gasteiger partial charge is 0.0945 e. The monoisotopic (exact) mass is 257 g/mol. The van der Waals surface area contributed by atoms with Crippen molar-refractivity contribution >= 4 is 17.0 Å². The Hall–Kier alpha value is -1.86. The summed E-state index contributed by atoms with van der Waals surface area (Å²) >= 11 is 1.71. The maximum atomic E-state index is 8.59. The van der Waals surface area contributed by atoms with Crippen LogP contribution in [0.4, 0.5) is 5.69 Å². The molecular formula is C14H15N3S. The standard InChI is InChI=1S/C14H15N3S/c1-11-10-18-14(17-11)7-9-16-13-4-2-12(3-5-13)6-8-15/h2-5,10,16H,6-7,9H2,1H3. The largest absolute Gasteiger partial charge is 0.385 e. The summed E-state index contributed by atoms with van der Waals surface area (Å²) < 4.78 is 0. The Morgan fingerprint density at radius 3 is 2.72 bits per heavy atom. The zero-order valence-electron chi connectivity index (χ0n) is 10.3. The van der Waals surface area contributed by atoms with Crippen LogP contribution in [0.25, 0.3) is 0 Å². The third-order valence-corrected chi connectivity index (χ3v) is 3.60. The van der Waals surface area contributed by atoms with Crippen molar-refractivity contribution in [2.45, 2.75) is 19.8 Å². The van der Waals surface area contributed by atoms with Crippen molar-refractivity contribution in [2.75, 3.05) is 11.9 Å². The van der Waals surface area contributed by atoms with E-state index in [-0.39, 0.29) is 0 Å². The second-order valence-electron chi connectivity index (χ2n) is 4.09. The van der Waals surface area contributed by atoms with Gasteiger partial charge in [0.05, 0.1) is 17.5 Å². The van der Waals surface area contributed by atoms with E-state index in [0.717, 1.165) is 29.9 Å². The summed E-state index contributed by atoms with van der Waals surface area (Å²) in [5, 5.41) is 15.2. The first-order chi connectivity index (χ1) is 8.78. The highest BCUT2D eigenvalue weighted by Crippen LogP contribution is 2.12. The predicted octanol–water partition coefficient (Wildman–Crippen LogP) is 3.17. The zero-order chi connectivity index (χ0) is 12.8. The summed E-state index contributed by atoms with van der Waals surface area (Å²) in [6.07, 6.45) is 1.41. The Morgan fingerprint density at radius 1 is 1.33 bits per heavy atom. The van der Waals surface area contributed by atoms with Gasteiger partial charge in [0.1, 0.15) is 0 Å². The van der Waals surface area contributed by atoms with E-state index in [2.05, 4.69) is 21.8 Å². The molecule has 3 nitrogen and oxygen atoms in total. The van der Waals surface area contributed by atoms with Gasteiger partial charge in [-0.2, -0.15) is 5.26 Å². The molecule has 0 aliphatic carbocycles. The van der Waals surface area contributed by atoms with Gasteiger partial charge in [-0.3, -0.25) is 0 Å². The number of rotatable bonds is 5. The van der Waals surface area contributed by atoms with Gasteiger partial charge in [0.25, 0.3) is 0 Å². The topological polar surface area (TPSA) is 48.7 Å². The van der Waals surface area contributed by atoms with Crippen LogP contribution in [-0.4, -0.2) is 11.5 Å². The third kappa shape index (κ3) is 3.57. The van der Waals surface area contributed by atoms with Crippen LogP contribution >= 0.6 is 11.3 Å². The van der Waals surface area contributed by atoms with Crippen molar-refractivity contribution in [3.63, 3.8) is 0 Å². The lowest BCUT2D eigenvalue weighted by Gasteiger charge is -2.05. The fourth-order valence-corrected chi connectivity index (χ4v) is 2.44. The van der Waals surface area contributed by atoms with Gasteiger partial charge in [-0.05, 0) is 24.6 Å². The van der Waals surface area contributed by atoms with Crippen molar-refractivity contribution in [1.29, 1.82) is 5.26 Å². The van der Waals surface area contributed by atoms with Crippen LogP contribution in [0.15, 0.2) is 29.6 Å². The summed E-state index contributed by atoms with van der Waals surface area (Å²) in [4.78, 5) is 4.42. The molecule has 0 aliphatic rings. The predicted molar refractivity (Wildman–Crippen MR) is 74.8 cm³/mol. The molecule has 0 bridgehead atoms. The van der Waals surface area contributed by atoms with Gasteiger partial charge in [-0.1, -0.05) is 12.1 Å². The fraction of sp³-hybridized carbons (Fsp3) is 0.286. The molecule has 0 saturated carbocycles. The summed E-state index contributed by atoms with van der Waals surface area (Å²) in [6.45, 7) is 2.89. The number of hydrogen-bond acceptors (Lipinski definition) is 4. The summed E-state index contributed by atoms with van der Waals surface area (Å²) in [5.74, 6) is 0. The molecule has 0 saturated heterocycles. The van der Waals surface area contributed by atoms with Gasteiger partial charge in [-0.25, -0.2) is 4.98 Å². The number of benzene rings is 1. The van der Waals surface area contributed by atoms with Crippen LogP contribution in [0.1, 0.15) is 16.3 Å². The van der Waals surface area contributed by atoms with Crippen LogP contribution in [0, 0.1) is 18.3 Å². The minimum atomic E-state index is 0.471. The molecule has 18 heavy (non-hydrogen) atoms. The molecule has 1 aromatic heterocycles. The zero-order valence-corrected chi connectivity index (χ0v) is 11.1. The number of anilines is 1. The number of nitrogens with one attached hydrogen (secondary N) is 1. The number of nitrogens with zero attached hydrogens (tertiary/aromatic N) is 2. The van der Waals surface area contributed by atoms with Crippen LogP contribution < -0.4 is 5.32 Å². The number of aryl methyl sites for hydroxylation is 1. The normalized spacial score (nSPS) is 10.0. The molecule has 2 aromatic rings. The van der Waals surface area contributed by atoms with E-state index < -0.39 is 0 Å². The highest BCUT2D eigenvalue weighted by molar-refractivity contribution is 7.09. The number of thiazole rings is 1.